The molecule has 2 aromatic carbocycles. The Kier molecular flexibility index (Phi) is 5.58. The highest BCUT2D eigenvalue weighted by Gasteiger charge is 2.15. The third-order valence-corrected chi connectivity index (χ3v) is 3.80. The number of benzene rings is 2. The van der Waals surface area contributed by atoms with Gasteiger partial charge in [0.15, 0.2) is 5.76 Å². The van der Waals surface area contributed by atoms with E-state index in [2.05, 4.69) is 4.98 Å². The van der Waals surface area contributed by atoms with E-state index in [1.165, 1.54) is 0 Å². The molecule has 0 aliphatic carbocycles. The number of hydrogen-bond donors (Lipinski definition) is 0. The Hall–Kier alpha value is -2.50. The van der Waals surface area contributed by atoms with Crippen LogP contribution in [0.5, 0.6) is 11.5 Å². The molecule has 0 saturated carbocycles. The SMILES string of the molecule is COCc1oc(-c2ccc(OC)cc2)nc1COc1cccc(Cl)c1. The lowest BCUT2D eigenvalue weighted by molar-refractivity contribution is 0.161. The summed E-state index contributed by atoms with van der Waals surface area (Å²) in [7, 11) is 3.24. The molecular weight excluding hydrogens is 342 g/mol. The predicted molar refractivity (Wildman–Crippen MR) is 95.0 cm³/mol. The van der Waals surface area contributed by atoms with Crippen LogP contribution in [0.25, 0.3) is 11.5 Å². The lowest BCUT2D eigenvalue weighted by Gasteiger charge is -2.05. The molecule has 6 heteroatoms. The second kappa shape index (κ2) is 8.05. The predicted octanol–water partition coefficient (Wildman–Crippen LogP) is 4.73. The number of aromatic nitrogens is 1. The molecule has 0 aliphatic rings. The number of rotatable bonds is 7. The standard InChI is InChI=1S/C19H18ClNO4/c1-22-12-18-17(11-24-16-5-3-4-14(20)10-16)21-19(25-18)13-6-8-15(23-2)9-7-13/h3-10H,11-12H2,1-2H3. The summed E-state index contributed by atoms with van der Waals surface area (Å²) in [6.45, 7) is 0.579. The van der Waals surface area contributed by atoms with E-state index in [0.29, 0.717) is 34.7 Å². The minimum atomic E-state index is 0.263. The van der Waals surface area contributed by atoms with Gasteiger partial charge >= 0.3 is 0 Å². The van der Waals surface area contributed by atoms with E-state index in [1.807, 2.05) is 36.4 Å². The molecule has 0 unspecified atom stereocenters. The molecule has 0 N–H and O–H groups in total. The van der Waals surface area contributed by atoms with Crippen molar-refractivity contribution >= 4 is 11.6 Å². The van der Waals surface area contributed by atoms with Crippen LogP contribution in [0.2, 0.25) is 5.02 Å². The monoisotopic (exact) mass is 359 g/mol. The number of oxazole rings is 1. The van der Waals surface area contributed by atoms with Gasteiger partial charge in [0, 0.05) is 17.7 Å². The van der Waals surface area contributed by atoms with Gasteiger partial charge in [-0.3, -0.25) is 0 Å². The smallest absolute Gasteiger partial charge is 0.226 e. The Morgan fingerprint density at radius 1 is 1.00 bits per heavy atom. The molecule has 0 aliphatic heterocycles. The fourth-order valence-corrected chi connectivity index (χ4v) is 2.49. The maximum atomic E-state index is 5.97. The molecule has 25 heavy (non-hydrogen) atoms. The zero-order chi connectivity index (χ0) is 17.6. The van der Waals surface area contributed by atoms with Crippen LogP contribution in [0.4, 0.5) is 0 Å². The minimum Gasteiger partial charge on any atom is -0.497 e. The Morgan fingerprint density at radius 3 is 2.48 bits per heavy atom. The molecule has 1 heterocycles. The normalized spacial score (nSPS) is 10.7. The summed E-state index contributed by atoms with van der Waals surface area (Å²) in [5.74, 6) is 2.59. The molecular formula is C19H18ClNO4. The van der Waals surface area contributed by atoms with Crippen LogP contribution >= 0.6 is 11.6 Å². The number of halogens is 1. The molecule has 3 aromatic rings. The third-order valence-electron chi connectivity index (χ3n) is 3.56. The van der Waals surface area contributed by atoms with Crippen LogP contribution in [-0.4, -0.2) is 19.2 Å². The number of methoxy groups -OCH3 is 2. The molecule has 5 nitrogen and oxygen atoms in total. The molecule has 1 aromatic heterocycles. The summed E-state index contributed by atoms with van der Waals surface area (Å²) in [6.07, 6.45) is 0. The van der Waals surface area contributed by atoms with Gasteiger partial charge in [-0.05, 0) is 42.5 Å². The largest absolute Gasteiger partial charge is 0.497 e. The Balaban J connectivity index is 1.81. The van der Waals surface area contributed by atoms with E-state index < -0.39 is 0 Å². The summed E-state index contributed by atoms with van der Waals surface area (Å²) < 4.78 is 22.0. The van der Waals surface area contributed by atoms with Crippen LogP contribution < -0.4 is 9.47 Å². The minimum absolute atomic E-state index is 0.263. The molecule has 0 saturated heterocycles. The molecule has 130 valence electrons. The summed E-state index contributed by atoms with van der Waals surface area (Å²) in [5.41, 5.74) is 1.54. The highest BCUT2D eigenvalue weighted by molar-refractivity contribution is 6.30. The van der Waals surface area contributed by atoms with Gasteiger partial charge in [-0.1, -0.05) is 17.7 Å². The molecule has 0 bridgehead atoms. The highest BCUT2D eigenvalue weighted by atomic mass is 35.5. The van der Waals surface area contributed by atoms with Crippen LogP contribution in [-0.2, 0) is 18.0 Å². The van der Waals surface area contributed by atoms with Crippen LogP contribution in [0.15, 0.2) is 52.9 Å². The fraction of sp³-hybridized carbons (Fsp3) is 0.211. The number of ether oxygens (including phenoxy) is 3. The first-order valence-corrected chi connectivity index (χ1v) is 8.07. The Bertz CT molecular complexity index is 830. The summed E-state index contributed by atoms with van der Waals surface area (Å²) in [6, 6.07) is 14.7. The fourth-order valence-electron chi connectivity index (χ4n) is 2.31. The molecule has 0 atom stereocenters. The molecule has 0 spiro atoms. The van der Waals surface area contributed by atoms with Gasteiger partial charge in [-0.15, -0.1) is 0 Å². The van der Waals surface area contributed by atoms with E-state index in [0.717, 1.165) is 11.3 Å². The van der Waals surface area contributed by atoms with E-state index in [9.17, 15) is 0 Å². The van der Waals surface area contributed by atoms with Crippen LogP contribution in [0.1, 0.15) is 11.5 Å². The average Bonchev–Trinajstić information content (AvgIpc) is 3.03. The van der Waals surface area contributed by atoms with Crippen molar-refractivity contribution in [2.75, 3.05) is 14.2 Å². The summed E-state index contributed by atoms with van der Waals surface area (Å²) in [4.78, 5) is 4.55. The average molecular weight is 360 g/mol. The van der Waals surface area contributed by atoms with Gasteiger partial charge in [0.2, 0.25) is 5.89 Å². The summed E-state index contributed by atoms with van der Waals surface area (Å²) >= 11 is 5.97. The maximum absolute atomic E-state index is 5.97. The molecule has 0 amide bonds. The van der Waals surface area contributed by atoms with Gasteiger partial charge in [0.1, 0.15) is 30.4 Å². The van der Waals surface area contributed by atoms with Crippen LogP contribution in [0.3, 0.4) is 0 Å². The highest BCUT2D eigenvalue weighted by Crippen LogP contribution is 2.26. The second-order valence-corrected chi connectivity index (χ2v) is 5.73. The van der Waals surface area contributed by atoms with Crippen molar-refractivity contribution in [1.82, 2.24) is 4.98 Å². The van der Waals surface area contributed by atoms with E-state index >= 15 is 0 Å². The maximum Gasteiger partial charge on any atom is 0.226 e. The van der Waals surface area contributed by atoms with Gasteiger partial charge in [-0.2, -0.15) is 0 Å². The molecule has 0 fully saturated rings. The van der Waals surface area contributed by atoms with E-state index in [4.69, 9.17) is 30.2 Å². The van der Waals surface area contributed by atoms with E-state index in [-0.39, 0.29) is 6.61 Å². The van der Waals surface area contributed by atoms with Crippen molar-refractivity contribution in [3.8, 4) is 23.0 Å². The molecule has 0 radical (unpaired) electrons. The van der Waals surface area contributed by atoms with Gasteiger partial charge in [0.05, 0.1) is 7.11 Å². The quantitative estimate of drug-likeness (QED) is 0.610. The van der Waals surface area contributed by atoms with Crippen molar-refractivity contribution in [1.29, 1.82) is 0 Å². The first-order valence-electron chi connectivity index (χ1n) is 7.70. The summed E-state index contributed by atoms with van der Waals surface area (Å²) in [5, 5.41) is 0.619. The third kappa shape index (κ3) is 4.32. The van der Waals surface area contributed by atoms with Crippen LogP contribution in [0, 0.1) is 0 Å². The van der Waals surface area contributed by atoms with Gasteiger partial charge in [0.25, 0.3) is 0 Å². The topological polar surface area (TPSA) is 53.7 Å². The van der Waals surface area contributed by atoms with E-state index in [1.54, 1.807) is 26.4 Å². The van der Waals surface area contributed by atoms with Crippen molar-refractivity contribution < 1.29 is 18.6 Å². The van der Waals surface area contributed by atoms with Crippen molar-refractivity contribution in [3.05, 3.63) is 65.0 Å². The lowest BCUT2D eigenvalue weighted by Crippen LogP contribution is -2.00. The van der Waals surface area contributed by atoms with Crippen molar-refractivity contribution in [2.24, 2.45) is 0 Å². The van der Waals surface area contributed by atoms with Crippen molar-refractivity contribution in [3.63, 3.8) is 0 Å². The first kappa shape index (κ1) is 17.3. The Labute approximate surface area is 151 Å². The van der Waals surface area contributed by atoms with Crippen molar-refractivity contribution in [2.45, 2.75) is 13.2 Å². The zero-order valence-corrected chi connectivity index (χ0v) is 14.7. The number of nitrogens with zero attached hydrogens (tertiary/aromatic N) is 1. The lowest BCUT2D eigenvalue weighted by atomic mass is 10.2. The zero-order valence-electron chi connectivity index (χ0n) is 14.0. The Morgan fingerprint density at radius 2 is 1.80 bits per heavy atom. The van der Waals surface area contributed by atoms with Gasteiger partial charge in [-0.25, -0.2) is 4.98 Å². The molecule has 3 rings (SSSR count). The second-order valence-electron chi connectivity index (χ2n) is 5.30. The van der Waals surface area contributed by atoms with Gasteiger partial charge < -0.3 is 18.6 Å². The first-order chi connectivity index (χ1) is 12.2. The number of hydrogen-bond acceptors (Lipinski definition) is 5.